The van der Waals surface area contributed by atoms with E-state index in [1.165, 1.54) is 5.56 Å². The summed E-state index contributed by atoms with van der Waals surface area (Å²) in [7, 11) is -3.45. The second-order valence-corrected chi connectivity index (χ2v) is 8.20. The van der Waals surface area contributed by atoms with Gasteiger partial charge in [-0.2, -0.15) is 0 Å². The molecule has 0 spiro atoms. The van der Waals surface area contributed by atoms with E-state index in [1.807, 2.05) is 27.7 Å². The van der Waals surface area contributed by atoms with Crippen molar-refractivity contribution in [2.45, 2.75) is 52.4 Å². The van der Waals surface area contributed by atoms with Gasteiger partial charge >= 0.3 is 0 Å². The summed E-state index contributed by atoms with van der Waals surface area (Å²) in [5.74, 6) is 0.589. The lowest BCUT2D eigenvalue weighted by Gasteiger charge is -2.19. The van der Waals surface area contributed by atoms with Crippen LogP contribution in [0, 0.1) is 40.5 Å². The molecule has 1 fully saturated rings. The topological polar surface area (TPSA) is 58.2 Å². The first-order valence-corrected chi connectivity index (χ1v) is 9.51. The zero-order valence-electron chi connectivity index (χ0n) is 14.7. The quantitative estimate of drug-likeness (QED) is 0.848. The molecule has 132 valence electrons. The van der Waals surface area contributed by atoms with Gasteiger partial charge in [-0.3, -0.25) is 0 Å². The lowest BCUT2D eigenvalue weighted by atomic mass is 9.95. The van der Waals surface area contributed by atoms with Crippen molar-refractivity contribution < 1.29 is 8.42 Å². The summed E-state index contributed by atoms with van der Waals surface area (Å²) in [5.41, 5.74) is 5.07. The summed E-state index contributed by atoms with van der Waals surface area (Å²) >= 11 is 0. The number of sulfonamides is 1. The Bertz CT molecular complexity index is 637. The molecular weight excluding hydrogens is 332 g/mol. The average molecular weight is 361 g/mol. The number of rotatable bonds is 5. The van der Waals surface area contributed by atoms with Crippen molar-refractivity contribution in [3.63, 3.8) is 0 Å². The summed E-state index contributed by atoms with van der Waals surface area (Å²) < 4.78 is 28.3. The highest BCUT2D eigenvalue weighted by Gasteiger charge is 2.24. The van der Waals surface area contributed by atoms with Gasteiger partial charge in [0.25, 0.3) is 0 Å². The third-order valence-electron chi connectivity index (χ3n) is 5.21. The Morgan fingerprint density at radius 2 is 1.52 bits per heavy atom. The SMILES string of the molecule is Cc1c(C)c(C)c(S(=O)(=O)NCCC2CCNC2)c(C)c1C.Cl. The third kappa shape index (κ3) is 4.27. The number of halogens is 1. The van der Waals surface area contributed by atoms with Crippen LogP contribution in [0.15, 0.2) is 4.90 Å². The van der Waals surface area contributed by atoms with Crippen LogP contribution >= 0.6 is 12.4 Å². The van der Waals surface area contributed by atoms with Crippen molar-refractivity contribution in [1.82, 2.24) is 10.0 Å². The molecule has 0 aliphatic carbocycles. The van der Waals surface area contributed by atoms with Gasteiger partial charge in [0.2, 0.25) is 10.0 Å². The Morgan fingerprint density at radius 1 is 1.00 bits per heavy atom. The molecule has 1 aliphatic heterocycles. The first-order chi connectivity index (χ1) is 10.3. The maximum Gasteiger partial charge on any atom is 0.241 e. The fourth-order valence-corrected chi connectivity index (χ4v) is 4.94. The molecule has 1 unspecified atom stereocenters. The van der Waals surface area contributed by atoms with Crippen molar-refractivity contribution in [2.75, 3.05) is 19.6 Å². The van der Waals surface area contributed by atoms with Crippen LogP contribution in [0.25, 0.3) is 0 Å². The second kappa shape index (κ2) is 7.97. The first-order valence-electron chi connectivity index (χ1n) is 8.03. The fourth-order valence-electron chi connectivity index (χ4n) is 3.30. The number of nitrogens with one attached hydrogen (secondary N) is 2. The zero-order chi connectivity index (χ0) is 16.5. The molecule has 0 amide bonds. The highest BCUT2D eigenvalue weighted by atomic mass is 35.5. The molecule has 6 heteroatoms. The van der Waals surface area contributed by atoms with Crippen LogP contribution in [0.4, 0.5) is 0 Å². The van der Waals surface area contributed by atoms with Gasteiger partial charge in [0.15, 0.2) is 0 Å². The molecule has 2 rings (SSSR count). The smallest absolute Gasteiger partial charge is 0.241 e. The van der Waals surface area contributed by atoms with Gasteiger partial charge in [0.1, 0.15) is 0 Å². The number of hydrogen-bond donors (Lipinski definition) is 2. The molecule has 4 nitrogen and oxygen atoms in total. The van der Waals surface area contributed by atoms with Crippen LogP contribution < -0.4 is 10.0 Å². The molecule has 2 N–H and O–H groups in total. The van der Waals surface area contributed by atoms with E-state index in [0.717, 1.165) is 48.2 Å². The van der Waals surface area contributed by atoms with E-state index in [-0.39, 0.29) is 12.4 Å². The molecule has 0 bridgehead atoms. The predicted molar refractivity (Wildman–Crippen MR) is 98.2 cm³/mol. The minimum absolute atomic E-state index is 0. The summed E-state index contributed by atoms with van der Waals surface area (Å²) in [6.45, 7) is 12.4. The molecule has 0 aromatic heterocycles. The Balaban J connectivity index is 0.00000264. The molecule has 23 heavy (non-hydrogen) atoms. The Hall–Kier alpha value is -0.620. The maximum absolute atomic E-state index is 12.7. The van der Waals surface area contributed by atoms with Gasteiger partial charge < -0.3 is 5.32 Å². The lowest BCUT2D eigenvalue weighted by Crippen LogP contribution is -2.28. The van der Waals surface area contributed by atoms with Crippen LogP contribution in [-0.4, -0.2) is 28.1 Å². The van der Waals surface area contributed by atoms with Gasteiger partial charge in [0.05, 0.1) is 4.90 Å². The zero-order valence-corrected chi connectivity index (χ0v) is 16.4. The van der Waals surface area contributed by atoms with Gasteiger partial charge in [-0.05, 0) is 94.3 Å². The van der Waals surface area contributed by atoms with Gasteiger partial charge in [-0.25, -0.2) is 13.1 Å². The summed E-state index contributed by atoms with van der Waals surface area (Å²) in [6, 6.07) is 0. The highest BCUT2D eigenvalue weighted by molar-refractivity contribution is 7.89. The molecule has 1 atom stereocenters. The van der Waals surface area contributed by atoms with Crippen molar-refractivity contribution in [2.24, 2.45) is 5.92 Å². The molecular formula is C17H29ClN2O2S. The van der Waals surface area contributed by atoms with E-state index in [9.17, 15) is 8.42 Å². The van der Waals surface area contributed by atoms with Crippen LogP contribution in [0.5, 0.6) is 0 Å². The maximum atomic E-state index is 12.7. The summed E-state index contributed by atoms with van der Waals surface area (Å²) in [5, 5.41) is 3.31. The van der Waals surface area contributed by atoms with Gasteiger partial charge in [-0.1, -0.05) is 0 Å². The summed E-state index contributed by atoms with van der Waals surface area (Å²) in [6.07, 6.45) is 2.04. The van der Waals surface area contributed by atoms with Crippen molar-refractivity contribution >= 4 is 22.4 Å². The van der Waals surface area contributed by atoms with Gasteiger partial charge in [0, 0.05) is 6.54 Å². The third-order valence-corrected chi connectivity index (χ3v) is 6.94. The van der Waals surface area contributed by atoms with E-state index in [1.54, 1.807) is 0 Å². The van der Waals surface area contributed by atoms with Crippen molar-refractivity contribution in [3.8, 4) is 0 Å². The molecule has 0 radical (unpaired) electrons. The van der Waals surface area contributed by atoms with E-state index in [0.29, 0.717) is 17.4 Å². The molecule has 0 saturated carbocycles. The molecule has 1 aromatic carbocycles. The largest absolute Gasteiger partial charge is 0.316 e. The minimum atomic E-state index is -3.45. The number of benzene rings is 1. The van der Waals surface area contributed by atoms with Crippen LogP contribution in [0.2, 0.25) is 0 Å². The predicted octanol–water partition coefficient (Wildman–Crippen LogP) is 2.93. The van der Waals surface area contributed by atoms with Crippen LogP contribution in [0.3, 0.4) is 0 Å². The van der Waals surface area contributed by atoms with E-state index in [2.05, 4.69) is 17.0 Å². The molecule has 1 saturated heterocycles. The van der Waals surface area contributed by atoms with Gasteiger partial charge in [-0.15, -0.1) is 12.4 Å². The van der Waals surface area contributed by atoms with Crippen LogP contribution in [0.1, 0.15) is 40.7 Å². The minimum Gasteiger partial charge on any atom is -0.316 e. The van der Waals surface area contributed by atoms with E-state index in [4.69, 9.17) is 0 Å². The monoisotopic (exact) mass is 360 g/mol. The first kappa shape index (κ1) is 20.4. The van der Waals surface area contributed by atoms with Crippen molar-refractivity contribution in [3.05, 3.63) is 27.8 Å². The molecule has 1 aliphatic rings. The average Bonchev–Trinajstić information content (AvgIpc) is 2.96. The van der Waals surface area contributed by atoms with Crippen LogP contribution in [-0.2, 0) is 10.0 Å². The Kier molecular flexibility index (Phi) is 7.08. The second-order valence-electron chi connectivity index (χ2n) is 6.50. The molecule has 1 heterocycles. The fraction of sp³-hybridized carbons (Fsp3) is 0.647. The highest BCUT2D eigenvalue weighted by Crippen LogP contribution is 2.29. The Morgan fingerprint density at radius 3 is 2.00 bits per heavy atom. The summed E-state index contributed by atoms with van der Waals surface area (Å²) in [4.78, 5) is 0.470. The van der Waals surface area contributed by atoms with E-state index >= 15 is 0 Å². The Labute approximate surface area is 146 Å². The lowest BCUT2D eigenvalue weighted by molar-refractivity contribution is 0.519. The van der Waals surface area contributed by atoms with Crippen molar-refractivity contribution in [1.29, 1.82) is 0 Å². The van der Waals surface area contributed by atoms with E-state index < -0.39 is 10.0 Å². The molecule has 1 aromatic rings. The number of hydrogen-bond acceptors (Lipinski definition) is 3. The normalized spacial score (nSPS) is 18.0. The standard InChI is InChI=1S/C17H28N2O2S.ClH/c1-11-12(2)14(4)17(15(5)13(11)3)22(20,21)19-9-7-16-6-8-18-10-16;/h16,18-19H,6-10H2,1-5H3;1H.